The summed E-state index contributed by atoms with van der Waals surface area (Å²) in [6.07, 6.45) is 4.87. The van der Waals surface area contributed by atoms with Crippen LogP contribution in [0.5, 0.6) is 0 Å². The summed E-state index contributed by atoms with van der Waals surface area (Å²) < 4.78 is 26.0. The van der Waals surface area contributed by atoms with Gasteiger partial charge in [-0.3, -0.25) is 4.79 Å². The van der Waals surface area contributed by atoms with Crippen molar-refractivity contribution in [1.82, 2.24) is 5.32 Å². The third kappa shape index (κ3) is 2.68. The van der Waals surface area contributed by atoms with Crippen molar-refractivity contribution < 1.29 is 13.6 Å². The Morgan fingerprint density at radius 3 is 2.47 bits per heavy atom. The number of hydrogen-bond donors (Lipinski definition) is 1. The fourth-order valence-electron chi connectivity index (χ4n) is 3.39. The maximum Gasteiger partial charge on any atom is 0.163 e. The Morgan fingerprint density at radius 1 is 1.16 bits per heavy atom. The molecule has 2 nitrogen and oxygen atoms in total. The fourth-order valence-corrected chi connectivity index (χ4v) is 3.39. The topological polar surface area (TPSA) is 29.1 Å². The molecule has 2 bridgehead atoms. The van der Waals surface area contributed by atoms with Gasteiger partial charge >= 0.3 is 0 Å². The van der Waals surface area contributed by atoms with Crippen LogP contribution in [0.2, 0.25) is 0 Å². The Balaban J connectivity index is 1.66. The number of carbonyl (C=O) groups excluding carboxylic acids is 1. The molecule has 0 radical (unpaired) electrons. The summed E-state index contributed by atoms with van der Waals surface area (Å²) in [5, 5.41) is 3.53. The number of piperidine rings is 1. The highest BCUT2D eigenvalue weighted by Gasteiger charge is 2.34. The summed E-state index contributed by atoms with van der Waals surface area (Å²) in [5.41, 5.74) is 0.282. The van der Waals surface area contributed by atoms with Crippen LogP contribution in [0.4, 0.5) is 8.78 Å². The van der Waals surface area contributed by atoms with E-state index in [1.165, 1.54) is 18.9 Å². The van der Waals surface area contributed by atoms with Gasteiger partial charge in [0.25, 0.3) is 0 Å². The first-order chi connectivity index (χ1) is 9.11. The molecule has 0 aromatic heterocycles. The predicted molar refractivity (Wildman–Crippen MR) is 68.0 cm³/mol. The predicted octanol–water partition coefficient (Wildman–Crippen LogP) is 3.07. The van der Waals surface area contributed by atoms with Crippen molar-refractivity contribution in [3.63, 3.8) is 0 Å². The number of nitrogens with one attached hydrogen (secondary N) is 1. The van der Waals surface area contributed by atoms with Crippen molar-refractivity contribution in [2.75, 3.05) is 0 Å². The molecule has 4 heteroatoms. The number of hydrogen-bond acceptors (Lipinski definition) is 2. The molecule has 0 amide bonds. The maximum absolute atomic E-state index is 13.1. The van der Waals surface area contributed by atoms with Crippen molar-refractivity contribution in [2.24, 2.45) is 5.92 Å². The number of fused-ring (bicyclic) bond motifs is 2. The van der Waals surface area contributed by atoms with Crippen molar-refractivity contribution in [3.05, 3.63) is 35.4 Å². The van der Waals surface area contributed by atoms with Gasteiger partial charge in [-0.2, -0.15) is 0 Å². The largest absolute Gasteiger partial charge is 0.311 e. The van der Waals surface area contributed by atoms with Crippen LogP contribution in [-0.2, 0) is 0 Å². The van der Waals surface area contributed by atoms with E-state index in [4.69, 9.17) is 0 Å². The standard InChI is InChI=1S/C15H17F2NO/c16-13-4-1-10(8-14(13)17)15(19)7-9-5-11-2-3-12(6-9)18-11/h1,4,8-9,11-12,18H,2-3,5-7H2. The van der Waals surface area contributed by atoms with Gasteiger partial charge in [0, 0.05) is 24.1 Å². The average Bonchev–Trinajstić information content (AvgIpc) is 2.72. The molecule has 0 spiro atoms. The molecule has 1 aromatic carbocycles. The second-order valence-corrected chi connectivity index (χ2v) is 5.73. The Bertz CT molecular complexity index is 491. The van der Waals surface area contributed by atoms with E-state index in [9.17, 15) is 13.6 Å². The zero-order valence-corrected chi connectivity index (χ0v) is 10.7. The van der Waals surface area contributed by atoms with Gasteiger partial charge in [0.1, 0.15) is 0 Å². The summed E-state index contributed by atoms with van der Waals surface area (Å²) in [6, 6.07) is 4.49. The summed E-state index contributed by atoms with van der Waals surface area (Å²) in [4.78, 5) is 12.1. The number of carbonyl (C=O) groups is 1. The highest BCUT2D eigenvalue weighted by molar-refractivity contribution is 5.96. The summed E-state index contributed by atoms with van der Waals surface area (Å²) in [5.74, 6) is -1.56. The van der Waals surface area contributed by atoms with E-state index < -0.39 is 11.6 Å². The summed E-state index contributed by atoms with van der Waals surface area (Å²) >= 11 is 0. The van der Waals surface area contributed by atoms with Gasteiger partial charge in [0.15, 0.2) is 17.4 Å². The van der Waals surface area contributed by atoms with E-state index in [-0.39, 0.29) is 11.3 Å². The molecule has 19 heavy (non-hydrogen) atoms. The van der Waals surface area contributed by atoms with Gasteiger partial charge in [0.05, 0.1) is 0 Å². The lowest BCUT2D eigenvalue weighted by molar-refractivity contribution is 0.0945. The van der Waals surface area contributed by atoms with E-state index in [0.29, 0.717) is 24.4 Å². The van der Waals surface area contributed by atoms with Crippen LogP contribution < -0.4 is 5.32 Å². The number of rotatable bonds is 3. The normalized spacial score (nSPS) is 29.5. The SMILES string of the molecule is O=C(CC1CC2CCC(C1)N2)c1ccc(F)c(F)c1. The minimum Gasteiger partial charge on any atom is -0.311 e. The van der Waals surface area contributed by atoms with Gasteiger partial charge < -0.3 is 5.32 Å². The molecule has 1 N–H and O–H groups in total. The first-order valence-electron chi connectivity index (χ1n) is 6.86. The number of Topliss-reactive ketones (excluding diaryl/α,β-unsaturated/α-hetero) is 1. The third-order valence-electron chi connectivity index (χ3n) is 4.29. The number of benzene rings is 1. The Morgan fingerprint density at radius 2 is 1.84 bits per heavy atom. The van der Waals surface area contributed by atoms with Gasteiger partial charge in [-0.05, 0) is 49.8 Å². The molecule has 2 aliphatic heterocycles. The quantitative estimate of drug-likeness (QED) is 0.851. The van der Waals surface area contributed by atoms with Gasteiger partial charge in [-0.25, -0.2) is 8.78 Å². The van der Waals surface area contributed by atoms with Gasteiger partial charge in [-0.15, -0.1) is 0 Å². The average molecular weight is 265 g/mol. The Hall–Kier alpha value is -1.29. The van der Waals surface area contributed by atoms with Crippen LogP contribution in [0, 0.1) is 17.6 Å². The lowest BCUT2D eigenvalue weighted by Gasteiger charge is -2.28. The minimum absolute atomic E-state index is 0.0785. The second-order valence-electron chi connectivity index (χ2n) is 5.73. The molecule has 1 aromatic rings. The zero-order chi connectivity index (χ0) is 13.4. The van der Waals surface area contributed by atoms with Crippen LogP contribution in [0.1, 0.15) is 42.5 Å². The molecule has 2 heterocycles. The minimum atomic E-state index is -0.948. The fraction of sp³-hybridized carbons (Fsp3) is 0.533. The van der Waals surface area contributed by atoms with Crippen molar-refractivity contribution in [1.29, 1.82) is 0 Å². The molecule has 0 saturated carbocycles. The van der Waals surface area contributed by atoms with Crippen LogP contribution in [0.15, 0.2) is 18.2 Å². The summed E-state index contributed by atoms with van der Waals surface area (Å²) in [6.45, 7) is 0. The lowest BCUT2D eigenvalue weighted by Crippen LogP contribution is -2.38. The summed E-state index contributed by atoms with van der Waals surface area (Å²) in [7, 11) is 0. The molecule has 2 aliphatic rings. The van der Waals surface area contributed by atoms with Crippen LogP contribution >= 0.6 is 0 Å². The monoisotopic (exact) mass is 265 g/mol. The second kappa shape index (κ2) is 5.00. The molecular formula is C15H17F2NO. The van der Waals surface area contributed by atoms with Crippen LogP contribution in [0.3, 0.4) is 0 Å². The zero-order valence-electron chi connectivity index (χ0n) is 10.7. The van der Waals surface area contributed by atoms with Gasteiger partial charge in [-0.1, -0.05) is 0 Å². The van der Waals surface area contributed by atoms with Crippen molar-refractivity contribution in [2.45, 2.75) is 44.2 Å². The molecule has 0 aliphatic carbocycles. The van der Waals surface area contributed by atoms with E-state index in [1.54, 1.807) is 0 Å². The first-order valence-corrected chi connectivity index (χ1v) is 6.86. The Kier molecular flexibility index (Phi) is 3.35. The molecule has 102 valence electrons. The molecule has 3 rings (SSSR count). The number of halogens is 2. The Labute approximate surface area is 111 Å². The van der Waals surface area contributed by atoms with E-state index in [1.807, 2.05) is 0 Å². The molecule has 2 atom stereocenters. The molecular weight excluding hydrogens is 248 g/mol. The maximum atomic E-state index is 13.1. The highest BCUT2D eigenvalue weighted by Crippen LogP contribution is 2.33. The van der Waals surface area contributed by atoms with E-state index in [2.05, 4.69) is 5.32 Å². The van der Waals surface area contributed by atoms with Gasteiger partial charge in [0.2, 0.25) is 0 Å². The van der Waals surface area contributed by atoms with E-state index in [0.717, 1.165) is 25.0 Å². The van der Waals surface area contributed by atoms with E-state index >= 15 is 0 Å². The third-order valence-corrected chi connectivity index (χ3v) is 4.29. The van der Waals surface area contributed by atoms with Crippen LogP contribution in [-0.4, -0.2) is 17.9 Å². The van der Waals surface area contributed by atoms with Crippen molar-refractivity contribution >= 4 is 5.78 Å². The lowest BCUT2D eigenvalue weighted by atomic mass is 9.87. The molecule has 2 fully saturated rings. The smallest absolute Gasteiger partial charge is 0.163 e. The molecule has 2 saturated heterocycles. The van der Waals surface area contributed by atoms with Crippen LogP contribution in [0.25, 0.3) is 0 Å². The highest BCUT2D eigenvalue weighted by atomic mass is 19.2. The number of ketones is 1. The van der Waals surface area contributed by atoms with Crippen molar-refractivity contribution in [3.8, 4) is 0 Å². The first kappa shape index (κ1) is 12.7. The molecule has 2 unspecified atom stereocenters.